The molecule has 0 amide bonds. The van der Waals surface area contributed by atoms with Gasteiger partial charge in [0, 0.05) is 11.8 Å². The normalized spacial score (nSPS) is 15.8. The van der Waals surface area contributed by atoms with Crippen LogP contribution in [0.4, 0.5) is 4.39 Å². The molecule has 0 aliphatic heterocycles. The van der Waals surface area contributed by atoms with Gasteiger partial charge in [-0.25, -0.2) is 4.39 Å². The topological polar surface area (TPSA) is 34.9 Å². The second kappa shape index (κ2) is 4.96. The van der Waals surface area contributed by atoms with Gasteiger partial charge in [0.2, 0.25) is 0 Å². The van der Waals surface area contributed by atoms with E-state index in [1.165, 1.54) is 25.0 Å². The van der Waals surface area contributed by atoms with Gasteiger partial charge in [-0.05, 0) is 37.1 Å². The van der Waals surface area contributed by atoms with E-state index in [1.54, 1.807) is 12.1 Å². The average molecular weight is 258 g/mol. The van der Waals surface area contributed by atoms with Gasteiger partial charge in [0.25, 0.3) is 0 Å². The van der Waals surface area contributed by atoms with Crippen LogP contribution < -0.4 is 0 Å². The van der Waals surface area contributed by atoms with E-state index in [4.69, 9.17) is 0 Å². The molecule has 1 aliphatic rings. The van der Waals surface area contributed by atoms with E-state index in [1.807, 2.05) is 10.9 Å². The summed E-state index contributed by atoms with van der Waals surface area (Å²) in [6.45, 7) is 0. The molecule has 0 radical (unpaired) electrons. The van der Waals surface area contributed by atoms with Crippen molar-refractivity contribution in [2.24, 2.45) is 0 Å². The molecule has 1 aromatic carbocycles. The van der Waals surface area contributed by atoms with Crippen LogP contribution in [0.5, 0.6) is 0 Å². The maximum atomic E-state index is 12.9. The molecule has 0 atom stereocenters. The fourth-order valence-electron chi connectivity index (χ4n) is 2.68. The zero-order valence-corrected chi connectivity index (χ0v) is 10.6. The smallest absolute Gasteiger partial charge is 0.153 e. The molecule has 3 rings (SSSR count). The molecule has 3 nitrogen and oxygen atoms in total. The van der Waals surface area contributed by atoms with Gasteiger partial charge in [-0.3, -0.25) is 9.48 Å². The van der Waals surface area contributed by atoms with Crippen LogP contribution in [-0.4, -0.2) is 16.1 Å². The van der Waals surface area contributed by atoms with Gasteiger partial charge in [-0.1, -0.05) is 12.8 Å². The minimum Gasteiger partial charge on any atom is -0.298 e. The maximum Gasteiger partial charge on any atom is 0.153 e. The van der Waals surface area contributed by atoms with Crippen LogP contribution in [0.3, 0.4) is 0 Å². The van der Waals surface area contributed by atoms with E-state index in [0.717, 1.165) is 24.7 Å². The minimum atomic E-state index is -0.286. The van der Waals surface area contributed by atoms with Crippen LogP contribution in [-0.2, 0) is 0 Å². The first kappa shape index (κ1) is 12.1. The molecule has 19 heavy (non-hydrogen) atoms. The highest BCUT2D eigenvalue weighted by Gasteiger charge is 2.20. The van der Waals surface area contributed by atoms with Crippen molar-refractivity contribution in [2.75, 3.05) is 0 Å². The lowest BCUT2D eigenvalue weighted by Crippen LogP contribution is -2.04. The standard InChI is InChI=1S/C15H15FN2O/c16-13-7-5-11(6-8-13)15-12(10-19)9-18(17-15)14-3-1-2-4-14/h5-10,14H,1-4H2. The number of halogens is 1. The maximum absolute atomic E-state index is 12.9. The third-order valence-corrected chi connectivity index (χ3v) is 3.70. The summed E-state index contributed by atoms with van der Waals surface area (Å²) in [6.07, 6.45) is 7.28. The molecule has 1 aliphatic carbocycles. The lowest BCUT2D eigenvalue weighted by molar-refractivity contribution is 0.112. The SMILES string of the molecule is O=Cc1cn(C2CCCC2)nc1-c1ccc(F)cc1. The van der Waals surface area contributed by atoms with Crippen molar-refractivity contribution in [1.29, 1.82) is 0 Å². The predicted molar refractivity (Wildman–Crippen MR) is 70.5 cm³/mol. The number of nitrogens with zero attached hydrogens (tertiary/aromatic N) is 2. The minimum absolute atomic E-state index is 0.286. The second-order valence-electron chi connectivity index (χ2n) is 4.98. The molecule has 0 N–H and O–H groups in total. The number of aromatic nitrogens is 2. The summed E-state index contributed by atoms with van der Waals surface area (Å²) in [4.78, 5) is 11.2. The Morgan fingerprint density at radius 2 is 1.89 bits per heavy atom. The van der Waals surface area contributed by atoms with E-state index in [9.17, 15) is 9.18 Å². The summed E-state index contributed by atoms with van der Waals surface area (Å²) < 4.78 is 14.8. The van der Waals surface area contributed by atoms with Crippen LogP contribution in [0, 0.1) is 5.82 Å². The Hall–Kier alpha value is -1.97. The number of carbonyl (C=O) groups excluding carboxylic acids is 1. The van der Waals surface area contributed by atoms with Crippen LogP contribution >= 0.6 is 0 Å². The molecular weight excluding hydrogens is 243 g/mol. The Morgan fingerprint density at radius 3 is 2.53 bits per heavy atom. The van der Waals surface area contributed by atoms with Gasteiger partial charge in [0.15, 0.2) is 6.29 Å². The summed E-state index contributed by atoms with van der Waals surface area (Å²) in [5.74, 6) is -0.286. The molecule has 0 saturated heterocycles. The number of hydrogen-bond acceptors (Lipinski definition) is 2. The fraction of sp³-hybridized carbons (Fsp3) is 0.333. The lowest BCUT2D eigenvalue weighted by Gasteiger charge is -2.08. The average Bonchev–Trinajstić information content (AvgIpc) is 3.08. The lowest BCUT2D eigenvalue weighted by atomic mass is 10.1. The van der Waals surface area contributed by atoms with Crippen molar-refractivity contribution in [3.8, 4) is 11.3 Å². The molecule has 0 unspecified atom stereocenters. The Kier molecular flexibility index (Phi) is 3.15. The summed E-state index contributed by atoms with van der Waals surface area (Å²) in [5, 5.41) is 4.53. The molecule has 1 saturated carbocycles. The third kappa shape index (κ3) is 2.30. The molecule has 2 aromatic rings. The largest absolute Gasteiger partial charge is 0.298 e. The van der Waals surface area contributed by atoms with Gasteiger partial charge in [0.1, 0.15) is 11.5 Å². The van der Waals surface area contributed by atoms with E-state index in [0.29, 0.717) is 17.3 Å². The Labute approximate surface area is 111 Å². The number of aldehydes is 1. The Bertz CT molecular complexity index is 583. The molecule has 1 heterocycles. The van der Waals surface area contributed by atoms with Gasteiger partial charge in [-0.2, -0.15) is 5.10 Å². The van der Waals surface area contributed by atoms with E-state index < -0.39 is 0 Å². The molecule has 98 valence electrons. The van der Waals surface area contributed by atoms with Crippen molar-refractivity contribution >= 4 is 6.29 Å². The van der Waals surface area contributed by atoms with Gasteiger partial charge in [-0.15, -0.1) is 0 Å². The molecule has 1 fully saturated rings. The number of hydrogen-bond donors (Lipinski definition) is 0. The van der Waals surface area contributed by atoms with Crippen molar-refractivity contribution in [3.63, 3.8) is 0 Å². The first-order chi connectivity index (χ1) is 9.28. The third-order valence-electron chi connectivity index (χ3n) is 3.70. The van der Waals surface area contributed by atoms with Gasteiger partial charge >= 0.3 is 0 Å². The van der Waals surface area contributed by atoms with Crippen molar-refractivity contribution in [1.82, 2.24) is 9.78 Å². The number of carbonyl (C=O) groups is 1. The van der Waals surface area contributed by atoms with Crippen molar-refractivity contribution < 1.29 is 9.18 Å². The molecule has 4 heteroatoms. The summed E-state index contributed by atoms with van der Waals surface area (Å²) in [6, 6.07) is 6.48. The first-order valence-corrected chi connectivity index (χ1v) is 6.58. The summed E-state index contributed by atoms with van der Waals surface area (Å²) in [7, 11) is 0. The van der Waals surface area contributed by atoms with Crippen LogP contribution in [0.25, 0.3) is 11.3 Å². The molecule has 0 bridgehead atoms. The molecule has 0 spiro atoms. The van der Waals surface area contributed by atoms with Crippen molar-refractivity contribution in [3.05, 3.63) is 41.8 Å². The monoisotopic (exact) mass is 258 g/mol. The van der Waals surface area contributed by atoms with Crippen LogP contribution in [0.15, 0.2) is 30.5 Å². The van der Waals surface area contributed by atoms with Gasteiger partial charge in [0.05, 0.1) is 11.6 Å². The zero-order chi connectivity index (χ0) is 13.2. The number of benzene rings is 1. The van der Waals surface area contributed by atoms with Gasteiger partial charge < -0.3 is 0 Å². The van der Waals surface area contributed by atoms with E-state index in [-0.39, 0.29) is 5.82 Å². The highest BCUT2D eigenvalue weighted by Crippen LogP contribution is 2.31. The first-order valence-electron chi connectivity index (χ1n) is 6.58. The van der Waals surface area contributed by atoms with Crippen molar-refractivity contribution in [2.45, 2.75) is 31.7 Å². The second-order valence-corrected chi connectivity index (χ2v) is 4.98. The Morgan fingerprint density at radius 1 is 1.21 bits per heavy atom. The highest BCUT2D eigenvalue weighted by molar-refractivity contribution is 5.85. The molecule has 1 aromatic heterocycles. The summed E-state index contributed by atoms with van der Waals surface area (Å²) >= 11 is 0. The quantitative estimate of drug-likeness (QED) is 0.788. The molecular formula is C15H15FN2O. The Balaban J connectivity index is 2.00. The zero-order valence-electron chi connectivity index (χ0n) is 10.6. The van der Waals surface area contributed by atoms with E-state index in [2.05, 4.69) is 5.10 Å². The fourth-order valence-corrected chi connectivity index (χ4v) is 2.68. The number of rotatable bonds is 3. The summed E-state index contributed by atoms with van der Waals surface area (Å²) in [5.41, 5.74) is 1.99. The van der Waals surface area contributed by atoms with E-state index >= 15 is 0 Å². The van der Waals surface area contributed by atoms with Crippen LogP contribution in [0.1, 0.15) is 42.1 Å². The highest BCUT2D eigenvalue weighted by atomic mass is 19.1. The van der Waals surface area contributed by atoms with Crippen LogP contribution in [0.2, 0.25) is 0 Å². The predicted octanol–water partition coefficient (Wildman–Crippen LogP) is 3.62.